The Bertz CT molecular complexity index is 558. The van der Waals surface area contributed by atoms with Crippen molar-refractivity contribution in [3.63, 3.8) is 0 Å². The predicted molar refractivity (Wildman–Crippen MR) is 93.9 cm³/mol. The predicted octanol–water partition coefficient (Wildman–Crippen LogP) is 2.50. The molecule has 1 rings (SSSR count). The second kappa shape index (κ2) is 10.7. The van der Waals surface area contributed by atoms with Gasteiger partial charge in [-0.3, -0.25) is 14.9 Å². The molecule has 0 heterocycles. The van der Waals surface area contributed by atoms with Crippen LogP contribution in [0, 0.1) is 12.8 Å². The molecule has 1 aromatic carbocycles. The summed E-state index contributed by atoms with van der Waals surface area (Å²) in [5.74, 6) is -0.254. The van der Waals surface area contributed by atoms with Gasteiger partial charge in [0.25, 0.3) is 5.91 Å². The molecule has 0 aliphatic rings. The van der Waals surface area contributed by atoms with Crippen LogP contribution in [-0.2, 0) is 14.3 Å². The molecule has 0 bridgehead atoms. The molecule has 24 heavy (non-hydrogen) atoms. The first-order chi connectivity index (χ1) is 11.4. The van der Waals surface area contributed by atoms with E-state index in [4.69, 9.17) is 4.74 Å². The van der Waals surface area contributed by atoms with E-state index in [-0.39, 0.29) is 12.3 Å². The van der Waals surface area contributed by atoms with Crippen molar-refractivity contribution in [2.75, 3.05) is 18.9 Å². The number of benzene rings is 1. The number of urea groups is 1. The van der Waals surface area contributed by atoms with Crippen molar-refractivity contribution < 1.29 is 19.1 Å². The molecule has 0 saturated carbocycles. The Hall–Kier alpha value is -2.02. The van der Waals surface area contributed by atoms with E-state index < -0.39 is 24.5 Å². The zero-order valence-electron chi connectivity index (χ0n) is 14.3. The van der Waals surface area contributed by atoms with E-state index in [0.29, 0.717) is 12.3 Å². The zero-order valence-corrected chi connectivity index (χ0v) is 15.1. The second-order valence-corrected chi connectivity index (χ2v) is 6.89. The van der Waals surface area contributed by atoms with Crippen molar-refractivity contribution in [1.29, 1.82) is 0 Å². The van der Waals surface area contributed by atoms with Gasteiger partial charge in [0.2, 0.25) is 0 Å². The van der Waals surface area contributed by atoms with Crippen molar-refractivity contribution in [2.45, 2.75) is 32.1 Å². The lowest BCUT2D eigenvalue weighted by molar-refractivity contribution is -0.147. The molecule has 0 radical (unpaired) electrons. The summed E-state index contributed by atoms with van der Waals surface area (Å²) in [6, 6.07) is 7.42. The van der Waals surface area contributed by atoms with Crippen LogP contribution in [0.4, 0.5) is 4.79 Å². The molecule has 3 amide bonds. The molecular weight excluding hydrogens is 328 g/mol. The van der Waals surface area contributed by atoms with Crippen LogP contribution in [0.15, 0.2) is 29.2 Å². The molecule has 6 nitrogen and oxygen atoms in total. The van der Waals surface area contributed by atoms with Gasteiger partial charge in [-0.2, -0.15) is 0 Å². The Morgan fingerprint density at radius 2 is 1.83 bits per heavy atom. The minimum absolute atomic E-state index is 0.200. The number of hydrogen-bond donors (Lipinski definition) is 2. The van der Waals surface area contributed by atoms with Crippen LogP contribution in [0.25, 0.3) is 0 Å². The number of hydrogen-bond acceptors (Lipinski definition) is 5. The first-order valence-electron chi connectivity index (χ1n) is 7.79. The van der Waals surface area contributed by atoms with E-state index in [0.717, 1.165) is 4.90 Å². The summed E-state index contributed by atoms with van der Waals surface area (Å²) in [7, 11) is 0. The van der Waals surface area contributed by atoms with Gasteiger partial charge in [-0.25, -0.2) is 4.79 Å². The molecule has 132 valence electrons. The van der Waals surface area contributed by atoms with Crippen molar-refractivity contribution in [1.82, 2.24) is 10.6 Å². The fourth-order valence-corrected chi connectivity index (χ4v) is 2.44. The molecule has 0 aliphatic carbocycles. The zero-order chi connectivity index (χ0) is 17.9. The number of carbonyl (C=O) groups is 3. The quantitative estimate of drug-likeness (QED) is 0.555. The first kappa shape index (κ1) is 20.0. The summed E-state index contributed by atoms with van der Waals surface area (Å²) in [4.78, 5) is 35.5. The maximum absolute atomic E-state index is 11.6. The van der Waals surface area contributed by atoms with E-state index in [1.165, 1.54) is 5.56 Å². The van der Waals surface area contributed by atoms with Gasteiger partial charge in [-0.15, -0.1) is 11.8 Å². The van der Waals surface area contributed by atoms with Gasteiger partial charge in [0.1, 0.15) is 0 Å². The second-order valence-electron chi connectivity index (χ2n) is 5.72. The van der Waals surface area contributed by atoms with Gasteiger partial charge in [0.15, 0.2) is 6.61 Å². The number of amides is 3. The fraction of sp³-hybridized carbons (Fsp3) is 0.471. The van der Waals surface area contributed by atoms with Crippen LogP contribution < -0.4 is 10.6 Å². The number of carbonyl (C=O) groups excluding carboxylic acids is 3. The SMILES string of the molecule is Cc1ccc(SCCC(=O)OCC(=O)NC(=O)NCC(C)C)cc1. The molecule has 0 atom stereocenters. The summed E-state index contributed by atoms with van der Waals surface area (Å²) in [5, 5.41) is 4.65. The maximum atomic E-state index is 11.6. The highest BCUT2D eigenvalue weighted by Gasteiger charge is 2.11. The Morgan fingerprint density at radius 1 is 1.17 bits per heavy atom. The summed E-state index contributed by atoms with van der Waals surface area (Å²) in [6.07, 6.45) is 0.200. The highest BCUT2D eigenvalue weighted by Crippen LogP contribution is 2.19. The average Bonchev–Trinajstić information content (AvgIpc) is 2.53. The molecule has 0 spiro atoms. The summed E-state index contributed by atoms with van der Waals surface area (Å²) < 4.78 is 4.84. The lowest BCUT2D eigenvalue weighted by Crippen LogP contribution is -2.42. The minimum atomic E-state index is -0.643. The van der Waals surface area contributed by atoms with E-state index in [1.807, 2.05) is 45.0 Å². The van der Waals surface area contributed by atoms with E-state index in [9.17, 15) is 14.4 Å². The van der Waals surface area contributed by atoms with Crippen LogP contribution in [-0.4, -0.2) is 36.8 Å². The number of rotatable bonds is 8. The summed E-state index contributed by atoms with van der Waals surface area (Å²) >= 11 is 1.55. The molecule has 0 saturated heterocycles. The third-order valence-electron chi connectivity index (χ3n) is 2.88. The molecule has 7 heteroatoms. The summed E-state index contributed by atoms with van der Waals surface area (Å²) in [5.41, 5.74) is 1.18. The van der Waals surface area contributed by atoms with Crippen LogP contribution >= 0.6 is 11.8 Å². The van der Waals surface area contributed by atoms with E-state index in [2.05, 4.69) is 10.6 Å². The Labute approximate surface area is 146 Å². The van der Waals surface area contributed by atoms with Crippen molar-refractivity contribution in [2.24, 2.45) is 5.92 Å². The maximum Gasteiger partial charge on any atom is 0.321 e. The summed E-state index contributed by atoms with van der Waals surface area (Å²) in [6.45, 7) is 5.91. The third-order valence-corrected chi connectivity index (χ3v) is 3.90. The highest BCUT2D eigenvalue weighted by atomic mass is 32.2. The average molecular weight is 352 g/mol. The van der Waals surface area contributed by atoms with Gasteiger partial charge in [0, 0.05) is 17.2 Å². The smallest absolute Gasteiger partial charge is 0.321 e. The van der Waals surface area contributed by atoms with Crippen LogP contribution in [0.1, 0.15) is 25.8 Å². The monoisotopic (exact) mass is 352 g/mol. The Balaban J connectivity index is 2.15. The topological polar surface area (TPSA) is 84.5 Å². The highest BCUT2D eigenvalue weighted by molar-refractivity contribution is 7.99. The van der Waals surface area contributed by atoms with Gasteiger partial charge < -0.3 is 10.1 Å². The van der Waals surface area contributed by atoms with Gasteiger partial charge >= 0.3 is 12.0 Å². The van der Waals surface area contributed by atoms with E-state index >= 15 is 0 Å². The standard InChI is InChI=1S/C17H24N2O4S/c1-12(2)10-18-17(22)19-15(20)11-23-16(21)8-9-24-14-6-4-13(3)5-7-14/h4-7,12H,8-11H2,1-3H3,(H2,18,19,20,22). The molecule has 0 fully saturated rings. The van der Waals surface area contributed by atoms with Gasteiger partial charge in [-0.05, 0) is 25.0 Å². The number of aryl methyl sites for hydroxylation is 1. The van der Waals surface area contributed by atoms with Crippen molar-refractivity contribution in [3.05, 3.63) is 29.8 Å². The molecule has 1 aromatic rings. The number of nitrogens with one attached hydrogen (secondary N) is 2. The molecular formula is C17H24N2O4S. The molecule has 0 unspecified atom stereocenters. The van der Waals surface area contributed by atoms with E-state index in [1.54, 1.807) is 11.8 Å². The van der Waals surface area contributed by atoms with Crippen molar-refractivity contribution in [3.8, 4) is 0 Å². The largest absolute Gasteiger partial charge is 0.456 e. The Morgan fingerprint density at radius 3 is 2.46 bits per heavy atom. The Kier molecular flexibility index (Phi) is 8.93. The minimum Gasteiger partial charge on any atom is -0.456 e. The third kappa shape index (κ3) is 9.19. The number of esters is 1. The molecule has 2 N–H and O–H groups in total. The lowest BCUT2D eigenvalue weighted by atomic mass is 10.2. The fourth-order valence-electron chi connectivity index (χ4n) is 1.61. The van der Waals surface area contributed by atoms with Crippen LogP contribution in [0.3, 0.4) is 0 Å². The lowest BCUT2D eigenvalue weighted by Gasteiger charge is -2.09. The molecule has 0 aliphatic heterocycles. The van der Waals surface area contributed by atoms with Gasteiger partial charge in [-0.1, -0.05) is 31.5 Å². The normalized spacial score (nSPS) is 10.3. The number of thioether (sulfide) groups is 1. The van der Waals surface area contributed by atoms with Crippen LogP contribution in [0.2, 0.25) is 0 Å². The van der Waals surface area contributed by atoms with Crippen molar-refractivity contribution >= 4 is 29.7 Å². The number of ether oxygens (including phenoxy) is 1. The van der Waals surface area contributed by atoms with Gasteiger partial charge in [0.05, 0.1) is 6.42 Å². The first-order valence-corrected chi connectivity index (χ1v) is 8.78. The molecule has 0 aromatic heterocycles. The number of imide groups is 1. The van der Waals surface area contributed by atoms with Crippen LogP contribution in [0.5, 0.6) is 0 Å².